The smallest absolute Gasteiger partial charge is 0.156 e. The zero-order valence-electron chi connectivity index (χ0n) is 9.86. The number of unbranched alkanes of at least 4 members (excludes halogenated alkanes) is 1. The molecule has 1 atom stereocenters. The second-order valence-corrected chi connectivity index (χ2v) is 3.83. The highest BCUT2D eigenvalue weighted by molar-refractivity contribution is 5.84. The number of nitrogens with one attached hydrogen (secondary N) is 1. The van der Waals surface area contributed by atoms with Gasteiger partial charge in [-0.3, -0.25) is 0 Å². The van der Waals surface area contributed by atoms with E-state index in [4.69, 9.17) is 15.7 Å². The maximum Gasteiger partial charge on any atom is 0.156 e. The maximum atomic E-state index is 8.41. The summed E-state index contributed by atoms with van der Waals surface area (Å²) in [7, 11) is 0. The van der Waals surface area contributed by atoms with Gasteiger partial charge in [-0.25, -0.2) is 0 Å². The molecule has 0 amide bonds. The molecule has 0 spiro atoms. The summed E-state index contributed by atoms with van der Waals surface area (Å²) in [6.07, 6.45) is 2.35. The van der Waals surface area contributed by atoms with Gasteiger partial charge in [0, 0.05) is 6.61 Å². The average Bonchev–Trinajstić information content (AvgIpc) is 2.21. The molecule has 15 heavy (non-hydrogen) atoms. The Morgan fingerprint density at radius 2 is 2.07 bits per heavy atom. The first-order chi connectivity index (χ1) is 7.07. The lowest BCUT2D eigenvalue weighted by Crippen LogP contribution is -2.39. The number of nitrogens with two attached hydrogens (primary N) is 1. The number of oxime groups is 1. The van der Waals surface area contributed by atoms with Crippen LogP contribution in [0.3, 0.4) is 0 Å². The summed E-state index contributed by atoms with van der Waals surface area (Å²) in [5, 5.41) is 14.5. The summed E-state index contributed by atoms with van der Waals surface area (Å²) in [5.41, 5.74) is 5.41. The van der Waals surface area contributed by atoms with Crippen LogP contribution in [0.4, 0.5) is 0 Å². The maximum absolute atomic E-state index is 8.41. The number of amidine groups is 1. The van der Waals surface area contributed by atoms with Crippen LogP contribution in [0.25, 0.3) is 0 Å². The number of ether oxygens (including phenoxy) is 1. The minimum atomic E-state index is -0.0824. The van der Waals surface area contributed by atoms with Crippen LogP contribution in [0.15, 0.2) is 5.16 Å². The number of nitrogens with zero attached hydrogens (tertiary/aromatic N) is 1. The predicted molar refractivity (Wildman–Crippen MR) is 61.2 cm³/mol. The molecular formula is C10H23N3O2. The Balaban J connectivity index is 3.31. The first-order valence-electron chi connectivity index (χ1n) is 5.40. The van der Waals surface area contributed by atoms with E-state index in [1.54, 1.807) is 0 Å². The van der Waals surface area contributed by atoms with Crippen molar-refractivity contribution in [2.24, 2.45) is 10.9 Å². The fourth-order valence-corrected chi connectivity index (χ4v) is 1.06. The van der Waals surface area contributed by atoms with Crippen molar-refractivity contribution in [2.75, 3.05) is 13.2 Å². The molecule has 1 unspecified atom stereocenters. The van der Waals surface area contributed by atoms with Gasteiger partial charge >= 0.3 is 0 Å². The van der Waals surface area contributed by atoms with E-state index in [1.807, 2.05) is 20.8 Å². The zero-order valence-corrected chi connectivity index (χ0v) is 9.86. The van der Waals surface area contributed by atoms with Crippen LogP contribution >= 0.6 is 0 Å². The van der Waals surface area contributed by atoms with E-state index in [1.165, 1.54) is 0 Å². The molecular weight excluding hydrogens is 194 g/mol. The number of rotatable bonds is 8. The van der Waals surface area contributed by atoms with Gasteiger partial charge in [0.15, 0.2) is 5.84 Å². The van der Waals surface area contributed by atoms with Crippen molar-refractivity contribution in [3.63, 3.8) is 0 Å². The second kappa shape index (κ2) is 8.49. The first kappa shape index (κ1) is 14.2. The highest BCUT2D eigenvalue weighted by Gasteiger charge is 2.04. The van der Waals surface area contributed by atoms with Crippen LogP contribution in [0.1, 0.15) is 33.6 Å². The van der Waals surface area contributed by atoms with Crippen molar-refractivity contribution < 1.29 is 9.94 Å². The third-order valence-electron chi connectivity index (χ3n) is 2.03. The Hall–Kier alpha value is -0.810. The summed E-state index contributed by atoms with van der Waals surface area (Å²) in [4.78, 5) is 0. The summed E-state index contributed by atoms with van der Waals surface area (Å²) >= 11 is 0. The van der Waals surface area contributed by atoms with E-state index < -0.39 is 0 Å². The highest BCUT2D eigenvalue weighted by Crippen LogP contribution is 1.94. The molecule has 0 aromatic heterocycles. The summed E-state index contributed by atoms with van der Waals surface area (Å²) in [6, 6.07) is -0.0824. The fourth-order valence-electron chi connectivity index (χ4n) is 1.06. The topological polar surface area (TPSA) is 79.9 Å². The van der Waals surface area contributed by atoms with E-state index in [-0.39, 0.29) is 11.9 Å². The number of hydrogen-bond donors (Lipinski definition) is 3. The lowest BCUT2D eigenvalue weighted by Gasteiger charge is -2.12. The van der Waals surface area contributed by atoms with Crippen molar-refractivity contribution in [1.82, 2.24) is 5.32 Å². The summed E-state index contributed by atoms with van der Waals surface area (Å²) in [5.74, 6) is 0.216. The molecule has 0 saturated heterocycles. The van der Waals surface area contributed by atoms with Crippen LogP contribution in [-0.2, 0) is 4.74 Å². The largest absolute Gasteiger partial charge is 0.409 e. The van der Waals surface area contributed by atoms with Gasteiger partial charge in [0.05, 0.1) is 12.1 Å². The minimum Gasteiger partial charge on any atom is -0.409 e. The van der Waals surface area contributed by atoms with Gasteiger partial charge < -0.3 is 21.0 Å². The van der Waals surface area contributed by atoms with Gasteiger partial charge in [-0.2, -0.15) is 0 Å². The molecule has 0 bridgehead atoms. The summed E-state index contributed by atoms with van der Waals surface area (Å²) in [6.45, 7) is 7.55. The van der Waals surface area contributed by atoms with Gasteiger partial charge in [-0.05, 0) is 40.2 Å². The molecule has 0 aromatic rings. The molecule has 5 heteroatoms. The van der Waals surface area contributed by atoms with Crippen LogP contribution < -0.4 is 11.1 Å². The Labute approximate surface area is 91.7 Å². The van der Waals surface area contributed by atoms with E-state index >= 15 is 0 Å². The van der Waals surface area contributed by atoms with Crippen LogP contribution in [0.2, 0.25) is 0 Å². The van der Waals surface area contributed by atoms with Gasteiger partial charge in [-0.15, -0.1) is 0 Å². The average molecular weight is 217 g/mol. The Morgan fingerprint density at radius 3 is 2.60 bits per heavy atom. The van der Waals surface area contributed by atoms with Crippen molar-refractivity contribution in [2.45, 2.75) is 45.8 Å². The lowest BCUT2D eigenvalue weighted by atomic mass is 10.2. The van der Waals surface area contributed by atoms with E-state index in [0.717, 1.165) is 26.0 Å². The first-order valence-corrected chi connectivity index (χ1v) is 5.40. The molecule has 0 aliphatic carbocycles. The van der Waals surface area contributed by atoms with Crippen molar-refractivity contribution >= 4 is 5.84 Å². The fraction of sp³-hybridized carbons (Fsp3) is 0.900. The zero-order chi connectivity index (χ0) is 11.7. The van der Waals surface area contributed by atoms with Crippen LogP contribution in [-0.4, -0.2) is 36.3 Å². The van der Waals surface area contributed by atoms with E-state index in [9.17, 15) is 0 Å². The Bertz CT molecular complexity index is 184. The SMILES string of the molecule is CC(C)OCCCCNC(C)C(N)=NO. The van der Waals surface area contributed by atoms with Gasteiger partial charge in [0.2, 0.25) is 0 Å². The van der Waals surface area contributed by atoms with Crippen LogP contribution in [0, 0.1) is 0 Å². The minimum absolute atomic E-state index is 0.0824. The van der Waals surface area contributed by atoms with E-state index in [0.29, 0.717) is 6.10 Å². The molecule has 0 aromatic carbocycles. The second-order valence-electron chi connectivity index (χ2n) is 3.83. The monoisotopic (exact) mass is 217 g/mol. The molecule has 0 fully saturated rings. The van der Waals surface area contributed by atoms with Gasteiger partial charge in [-0.1, -0.05) is 5.16 Å². The Kier molecular flexibility index (Phi) is 8.04. The Morgan fingerprint density at radius 1 is 1.40 bits per heavy atom. The lowest BCUT2D eigenvalue weighted by molar-refractivity contribution is 0.0760. The third-order valence-corrected chi connectivity index (χ3v) is 2.03. The molecule has 0 aliphatic heterocycles. The van der Waals surface area contributed by atoms with Crippen molar-refractivity contribution in [1.29, 1.82) is 0 Å². The predicted octanol–water partition coefficient (Wildman–Crippen LogP) is 0.916. The molecule has 90 valence electrons. The molecule has 0 heterocycles. The molecule has 5 nitrogen and oxygen atoms in total. The van der Waals surface area contributed by atoms with Crippen molar-refractivity contribution in [3.8, 4) is 0 Å². The normalized spacial score (nSPS) is 14.5. The number of hydrogen-bond acceptors (Lipinski definition) is 4. The molecule has 0 rings (SSSR count). The summed E-state index contributed by atoms with van der Waals surface area (Å²) < 4.78 is 5.40. The molecule has 0 saturated carbocycles. The standard InChI is InChI=1S/C10H23N3O2/c1-8(2)15-7-5-4-6-12-9(3)10(11)13-14/h8-9,12,14H,4-7H2,1-3H3,(H2,11,13). The molecule has 4 N–H and O–H groups in total. The van der Waals surface area contributed by atoms with Gasteiger partial charge in [0.1, 0.15) is 0 Å². The van der Waals surface area contributed by atoms with Crippen LogP contribution in [0.5, 0.6) is 0 Å². The molecule has 0 radical (unpaired) electrons. The molecule has 0 aliphatic rings. The highest BCUT2D eigenvalue weighted by atomic mass is 16.5. The van der Waals surface area contributed by atoms with E-state index in [2.05, 4.69) is 10.5 Å². The van der Waals surface area contributed by atoms with Crippen molar-refractivity contribution in [3.05, 3.63) is 0 Å². The quantitative estimate of drug-likeness (QED) is 0.186. The third kappa shape index (κ3) is 8.20. The van der Waals surface area contributed by atoms with Gasteiger partial charge in [0.25, 0.3) is 0 Å².